The number of nitrogens with one attached hydrogen (secondary N) is 3. The molecule has 0 radical (unpaired) electrons. The van der Waals surface area contributed by atoms with E-state index in [0.29, 0.717) is 24.4 Å². The number of rotatable bonds is 8. The Bertz CT molecular complexity index is 674. The predicted octanol–water partition coefficient (Wildman–Crippen LogP) is 2.32. The van der Waals surface area contributed by atoms with Gasteiger partial charge in [-0.25, -0.2) is 4.99 Å². The van der Waals surface area contributed by atoms with Crippen molar-refractivity contribution in [3.05, 3.63) is 29.8 Å². The van der Waals surface area contributed by atoms with Gasteiger partial charge in [0, 0.05) is 18.6 Å². The highest BCUT2D eigenvalue weighted by Gasteiger charge is 2.23. The highest BCUT2D eigenvalue weighted by Crippen LogP contribution is 2.19. The summed E-state index contributed by atoms with van der Waals surface area (Å²) in [7, 11) is 0. The van der Waals surface area contributed by atoms with E-state index in [4.69, 9.17) is 4.74 Å². The van der Waals surface area contributed by atoms with E-state index in [-0.39, 0.29) is 42.6 Å². The van der Waals surface area contributed by atoms with Crippen LogP contribution in [0.25, 0.3) is 0 Å². The number of aliphatic hydroxyl groups excluding tert-OH is 1. The number of halogens is 1. The highest BCUT2D eigenvalue weighted by atomic mass is 127. The van der Waals surface area contributed by atoms with Gasteiger partial charge in [0.25, 0.3) is 5.91 Å². The molecule has 0 heterocycles. The van der Waals surface area contributed by atoms with Crippen molar-refractivity contribution in [3.8, 4) is 5.75 Å². The predicted molar refractivity (Wildman–Crippen MR) is 125 cm³/mol. The average Bonchev–Trinajstić information content (AvgIpc) is 3.51. The Morgan fingerprint density at radius 2 is 1.83 bits per heavy atom. The van der Waals surface area contributed by atoms with Crippen LogP contribution in [0.15, 0.2) is 29.3 Å². The number of carbonyl (C=O) groups excluding carboxylic acids is 1. The lowest BCUT2D eigenvalue weighted by atomic mass is 9.93. The quantitative estimate of drug-likeness (QED) is 0.242. The van der Waals surface area contributed by atoms with Gasteiger partial charge < -0.3 is 25.8 Å². The van der Waals surface area contributed by atoms with Gasteiger partial charge in [-0.15, -0.1) is 24.0 Å². The molecule has 7 nitrogen and oxygen atoms in total. The van der Waals surface area contributed by atoms with Crippen molar-refractivity contribution in [2.45, 2.75) is 70.2 Å². The zero-order valence-electron chi connectivity index (χ0n) is 17.0. The van der Waals surface area contributed by atoms with Crippen molar-refractivity contribution < 1.29 is 14.6 Å². The van der Waals surface area contributed by atoms with Gasteiger partial charge in [-0.1, -0.05) is 12.1 Å². The fourth-order valence-electron chi connectivity index (χ4n) is 3.28. The average molecular weight is 516 g/mol. The monoisotopic (exact) mass is 516 g/mol. The van der Waals surface area contributed by atoms with Gasteiger partial charge in [-0.05, 0) is 63.1 Å². The number of ether oxygens (including phenoxy) is 1. The first kappa shape index (κ1) is 23.7. The molecule has 1 aromatic carbocycles. The Labute approximate surface area is 190 Å². The summed E-state index contributed by atoms with van der Waals surface area (Å²) in [5, 5.41) is 19.3. The molecule has 1 amide bonds. The van der Waals surface area contributed by atoms with Crippen LogP contribution in [0.5, 0.6) is 5.75 Å². The molecule has 0 spiro atoms. The van der Waals surface area contributed by atoms with E-state index in [1.165, 1.54) is 0 Å². The lowest BCUT2D eigenvalue weighted by molar-refractivity contribution is -0.123. The number of carbonyl (C=O) groups is 1. The molecule has 0 aliphatic heterocycles. The summed E-state index contributed by atoms with van der Waals surface area (Å²) in [4.78, 5) is 16.4. The van der Waals surface area contributed by atoms with Gasteiger partial charge in [-0.3, -0.25) is 4.79 Å². The largest absolute Gasteiger partial charge is 0.484 e. The Balaban J connectivity index is 0.00000300. The van der Waals surface area contributed by atoms with Gasteiger partial charge in [-0.2, -0.15) is 0 Å². The summed E-state index contributed by atoms with van der Waals surface area (Å²) in [6, 6.07) is 8.40. The molecule has 0 atom stereocenters. The van der Waals surface area contributed by atoms with Crippen molar-refractivity contribution in [1.29, 1.82) is 0 Å². The van der Waals surface area contributed by atoms with Crippen LogP contribution in [0.1, 0.15) is 51.0 Å². The molecule has 0 bridgehead atoms. The van der Waals surface area contributed by atoms with E-state index in [9.17, 15) is 9.90 Å². The standard InChI is InChI=1S/C21H32N4O3.HI/c1-2-22-21(25-17-8-10-18(26)11-9-17)23-13-15-4-3-5-19(12-15)28-14-20(27)24-16-6-7-16;/h3-5,12,16-18,26H,2,6-11,13-14H2,1H3,(H,24,27)(H2,22,23,25);1H. The molecular formula is C21H33IN4O3. The number of hydrogen-bond acceptors (Lipinski definition) is 4. The molecule has 0 unspecified atom stereocenters. The normalized spacial score (nSPS) is 21.7. The smallest absolute Gasteiger partial charge is 0.258 e. The van der Waals surface area contributed by atoms with Crippen molar-refractivity contribution in [2.75, 3.05) is 13.2 Å². The minimum absolute atomic E-state index is 0. The topological polar surface area (TPSA) is 95.0 Å². The molecule has 1 aromatic rings. The molecule has 2 saturated carbocycles. The third-order valence-electron chi connectivity index (χ3n) is 5.01. The summed E-state index contributed by atoms with van der Waals surface area (Å²) < 4.78 is 5.61. The van der Waals surface area contributed by atoms with Crippen molar-refractivity contribution in [3.63, 3.8) is 0 Å². The van der Waals surface area contributed by atoms with Crippen LogP contribution in [-0.4, -0.2) is 48.3 Å². The zero-order chi connectivity index (χ0) is 19.8. The minimum Gasteiger partial charge on any atom is -0.484 e. The third-order valence-corrected chi connectivity index (χ3v) is 5.01. The molecule has 8 heteroatoms. The van der Waals surface area contributed by atoms with Crippen molar-refractivity contribution in [1.82, 2.24) is 16.0 Å². The molecule has 2 fully saturated rings. The van der Waals surface area contributed by atoms with Gasteiger partial charge in [0.1, 0.15) is 5.75 Å². The summed E-state index contributed by atoms with van der Waals surface area (Å²) >= 11 is 0. The first-order valence-electron chi connectivity index (χ1n) is 10.4. The molecule has 2 aliphatic carbocycles. The van der Waals surface area contributed by atoms with Crippen LogP contribution < -0.4 is 20.7 Å². The maximum Gasteiger partial charge on any atom is 0.258 e. The summed E-state index contributed by atoms with van der Waals surface area (Å²) in [5.41, 5.74) is 1.02. The molecule has 0 saturated heterocycles. The van der Waals surface area contributed by atoms with Gasteiger partial charge in [0.05, 0.1) is 12.6 Å². The SMILES string of the molecule is CCNC(=NCc1cccc(OCC(=O)NC2CC2)c1)NC1CCC(O)CC1.I. The lowest BCUT2D eigenvalue weighted by Crippen LogP contribution is -2.45. The molecule has 0 aromatic heterocycles. The van der Waals surface area contributed by atoms with Gasteiger partial charge >= 0.3 is 0 Å². The van der Waals surface area contributed by atoms with Gasteiger partial charge in [0.2, 0.25) is 0 Å². The van der Waals surface area contributed by atoms with Crippen LogP contribution in [-0.2, 0) is 11.3 Å². The number of aliphatic hydroxyl groups is 1. The fraction of sp³-hybridized carbons (Fsp3) is 0.619. The maximum absolute atomic E-state index is 11.8. The zero-order valence-corrected chi connectivity index (χ0v) is 19.4. The summed E-state index contributed by atoms with van der Waals surface area (Å²) in [5.74, 6) is 1.40. The first-order chi connectivity index (χ1) is 13.6. The highest BCUT2D eigenvalue weighted by molar-refractivity contribution is 14.0. The lowest BCUT2D eigenvalue weighted by Gasteiger charge is -2.27. The van der Waals surface area contributed by atoms with Crippen LogP contribution in [0.3, 0.4) is 0 Å². The Morgan fingerprint density at radius 3 is 2.52 bits per heavy atom. The summed E-state index contributed by atoms with van der Waals surface area (Å²) in [6.45, 7) is 3.40. The number of guanidine groups is 1. The van der Waals surface area contributed by atoms with E-state index in [1.54, 1.807) is 0 Å². The summed E-state index contributed by atoms with van der Waals surface area (Å²) in [6.07, 6.45) is 5.57. The van der Waals surface area contributed by atoms with E-state index in [2.05, 4.69) is 20.9 Å². The van der Waals surface area contributed by atoms with Crippen molar-refractivity contribution >= 4 is 35.8 Å². The number of amides is 1. The third kappa shape index (κ3) is 8.77. The fourth-order valence-corrected chi connectivity index (χ4v) is 3.28. The van der Waals surface area contributed by atoms with E-state index in [1.807, 2.05) is 31.2 Å². The van der Waals surface area contributed by atoms with E-state index in [0.717, 1.165) is 56.6 Å². The number of aliphatic imine (C=N–C) groups is 1. The minimum atomic E-state index is -0.160. The number of hydrogen-bond donors (Lipinski definition) is 4. The first-order valence-corrected chi connectivity index (χ1v) is 10.4. The number of nitrogens with zero attached hydrogens (tertiary/aromatic N) is 1. The molecule has 29 heavy (non-hydrogen) atoms. The molecule has 3 rings (SSSR count). The van der Waals surface area contributed by atoms with Crippen LogP contribution in [0.4, 0.5) is 0 Å². The Kier molecular flexibility index (Phi) is 9.99. The second kappa shape index (κ2) is 12.2. The van der Waals surface area contributed by atoms with Crippen molar-refractivity contribution in [2.24, 2.45) is 4.99 Å². The Hall–Kier alpha value is -1.55. The molecular weight excluding hydrogens is 483 g/mol. The van der Waals surface area contributed by atoms with E-state index < -0.39 is 0 Å². The number of benzene rings is 1. The second-order valence-electron chi connectivity index (χ2n) is 7.62. The maximum atomic E-state index is 11.8. The van der Waals surface area contributed by atoms with E-state index >= 15 is 0 Å². The second-order valence-corrected chi connectivity index (χ2v) is 7.62. The Morgan fingerprint density at radius 1 is 1.14 bits per heavy atom. The van der Waals surface area contributed by atoms with Crippen LogP contribution in [0.2, 0.25) is 0 Å². The molecule has 162 valence electrons. The van der Waals surface area contributed by atoms with Crippen LogP contribution in [0, 0.1) is 0 Å². The van der Waals surface area contributed by atoms with Crippen LogP contribution >= 0.6 is 24.0 Å². The molecule has 4 N–H and O–H groups in total. The van der Waals surface area contributed by atoms with Gasteiger partial charge in [0.15, 0.2) is 12.6 Å². The molecule has 2 aliphatic rings.